The van der Waals surface area contributed by atoms with Gasteiger partial charge in [0.05, 0.1) is 12.8 Å². The number of hydrogen-bond acceptors (Lipinski definition) is 3. The van der Waals surface area contributed by atoms with Crippen molar-refractivity contribution in [3.05, 3.63) is 47.7 Å². The molecular formula is C19H21NO2. The predicted molar refractivity (Wildman–Crippen MR) is 87.2 cm³/mol. The highest BCUT2D eigenvalue weighted by Crippen LogP contribution is 2.41. The molecule has 0 amide bonds. The molecule has 0 saturated heterocycles. The normalized spacial score (nSPS) is 23.7. The first kappa shape index (κ1) is 14.8. The molecule has 1 aliphatic carbocycles. The topological polar surface area (TPSA) is 39.2 Å². The van der Waals surface area contributed by atoms with Crippen LogP contribution >= 0.6 is 0 Å². The lowest BCUT2D eigenvalue weighted by Crippen LogP contribution is -2.23. The summed E-state index contributed by atoms with van der Waals surface area (Å²) in [6.45, 7) is 4.34. The summed E-state index contributed by atoms with van der Waals surface area (Å²) < 4.78 is 5.43. The van der Waals surface area contributed by atoms with Crippen LogP contribution in [-0.2, 0) is 4.79 Å². The second-order valence-electron chi connectivity index (χ2n) is 6.15. The van der Waals surface area contributed by atoms with Crippen LogP contribution in [0, 0.1) is 5.92 Å². The van der Waals surface area contributed by atoms with E-state index in [-0.39, 0.29) is 5.92 Å². The first-order valence-electron chi connectivity index (χ1n) is 7.75. The molecule has 0 bridgehead atoms. The van der Waals surface area contributed by atoms with Gasteiger partial charge in [0.25, 0.3) is 0 Å². The quantitative estimate of drug-likeness (QED) is 0.797. The Bertz CT molecular complexity index is 696. The molecule has 3 nitrogen and oxygen atoms in total. The molecule has 3 rings (SSSR count). The molecule has 0 N–H and O–H groups in total. The Labute approximate surface area is 131 Å². The van der Waals surface area contributed by atoms with Gasteiger partial charge in [0.15, 0.2) is 0 Å². The maximum Gasteiger partial charge on any atom is 0.128 e. The number of carbonyl (C=O) groups excluding carboxylic acids is 1. The Balaban J connectivity index is 2.11. The van der Waals surface area contributed by atoms with Crippen LogP contribution in [0.1, 0.15) is 43.4 Å². The summed E-state index contributed by atoms with van der Waals surface area (Å²) in [6.07, 6.45) is 2.07. The predicted octanol–water partition coefficient (Wildman–Crippen LogP) is 4.18. The van der Waals surface area contributed by atoms with Gasteiger partial charge in [-0.25, -0.2) is 0 Å². The fourth-order valence-electron chi connectivity index (χ4n) is 3.50. The van der Waals surface area contributed by atoms with Crippen molar-refractivity contribution >= 4 is 6.29 Å². The summed E-state index contributed by atoms with van der Waals surface area (Å²) in [5.74, 6) is 1.53. The molecule has 1 heterocycles. The highest BCUT2D eigenvalue weighted by Gasteiger charge is 2.31. The lowest BCUT2D eigenvalue weighted by atomic mass is 9.74. The number of hydrogen-bond donors (Lipinski definition) is 0. The summed E-state index contributed by atoms with van der Waals surface area (Å²) in [6, 6.07) is 12.0. The van der Waals surface area contributed by atoms with Crippen molar-refractivity contribution in [2.75, 3.05) is 7.11 Å². The zero-order valence-electron chi connectivity index (χ0n) is 13.2. The number of para-hydroxylation sites is 1. The van der Waals surface area contributed by atoms with Crippen LogP contribution in [0.3, 0.4) is 0 Å². The highest BCUT2D eigenvalue weighted by atomic mass is 16.5. The van der Waals surface area contributed by atoms with Crippen molar-refractivity contribution < 1.29 is 9.53 Å². The van der Waals surface area contributed by atoms with E-state index in [2.05, 4.69) is 19.9 Å². The lowest BCUT2D eigenvalue weighted by Gasteiger charge is -2.31. The Morgan fingerprint density at radius 2 is 1.95 bits per heavy atom. The molecule has 0 spiro atoms. The van der Waals surface area contributed by atoms with E-state index < -0.39 is 0 Å². The standard InChI is InChI=1S/C19H21NO2/c1-12-10-13(2)19-14(16(12)11-21)8-9-17(20-19)15-6-4-5-7-18(15)22-3/h4-9,11-13,16H,10H2,1-3H3. The molecule has 1 aromatic carbocycles. The largest absolute Gasteiger partial charge is 0.496 e. The number of pyridine rings is 1. The SMILES string of the molecule is COc1ccccc1-c1ccc2c(n1)C(C)CC(C)C2C=O. The monoisotopic (exact) mass is 295 g/mol. The zero-order valence-corrected chi connectivity index (χ0v) is 13.2. The number of aromatic nitrogens is 1. The van der Waals surface area contributed by atoms with Crippen LogP contribution in [0.2, 0.25) is 0 Å². The lowest BCUT2D eigenvalue weighted by molar-refractivity contribution is -0.110. The third kappa shape index (κ3) is 2.41. The number of ether oxygens (including phenoxy) is 1. The maximum atomic E-state index is 11.4. The molecule has 2 aromatic rings. The Morgan fingerprint density at radius 3 is 2.68 bits per heavy atom. The number of methoxy groups -OCH3 is 1. The van der Waals surface area contributed by atoms with E-state index in [9.17, 15) is 4.79 Å². The maximum absolute atomic E-state index is 11.4. The highest BCUT2D eigenvalue weighted by molar-refractivity contribution is 5.70. The van der Waals surface area contributed by atoms with Gasteiger partial charge in [-0.3, -0.25) is 4.98 Å². The van der Waals surface area contributed by atoms with Gasteiger partial charge in [-0.1, -0.05) is 32.0 Å². The number of carbonyl (C=O) groups is 1. The third-order valence-electron chi connectivity index (χ3n) is 4.65. The van der Waals surface area contributed by atoms with E-state index in [1.165, 1.54) is 0 Å². The molecular weight excluding hydrogens is 274 g/mol. The van der Waals surface area contributed by atoms with Gasteiger partial charge in [0, 0.05) is 17.2 Å². The van der Waals surface area contributed by atoms with E-state index >= 15 is 0 Å². The van der Waals surface area contributed by atoms with Gasteiger partial charge in [0.2, 0.25) is 0 Å². The average Bonchev–Trinajstić information content (AvgIpc) is 2.55. The molecule has 1 aliphatic rings. The smallest absolute Gasteiger partial charge is 0.128 e. The summed E-state index contributed by atoms with van der Waals surface area (Å²) in [5.41, 5.74) is 4.03. The van der Waals surface area contributed by atoms with Gasteiger partial charge >= 0.3 is 0 Å². The fourth-order valence-corrected chi connectivity index (χ4v) is 3.50. The van der Waals surface area contributed by atoms with Gasteiger partial charge in [-0.15, -0.1) is 0 Å². The number of fused-ring (bicyclic) bond motifs is 1. The summed E-state index contributed by atoms with van der Waals surface area (Å²) in [5, 5.41) is 0. The van der Waals surface area contributed by atoms with Crippen LogP contribution in [-0.4, -0.2) is 18.4 Å². The second-order valence-corrected chi connectivity index (χ2v) is 6.15. The molecule has 3 heteroatoms. The van der Waals surface area contributed by atoms with E-state index in [0.29, 0.717) is 11.8 Å². The minimum absolute atomic E-state index is 0.0366. The van der Waals surface area contributed by atoms with Crippen LogP contribution in [0.15, 0.2) is 36.4 Å². The van der Waals surface area contributed by atoms with E-state index in [0.717, 1.165) is 41.0 Å². The van der Waals surface area contributed by atoms with E-state index in [4.69, 9.17) is 9.72 Å². The Hall–Kier alpha value is -2.16. The van der Waals surface area contributed by atoms with Crippen molar-refractivity contribution in [3.8, 4) is 17.0 Å². The van der Waals surface area contributed by atoms with Crippen molar-refractivity contribution in [1.29, 1.82) is 0 Å². The van der Waals surface area contributed by atoms with Crippen molar-refractivity contribution in [1.82, 2.24) is 4.98 Å². The zero-order chi connectivity index (χ0) is 15.7. The minimum atomic E-state index is -0.0366. The third-order valence-corrected chi connectivity index (χ3v) is 4.65. The van der Waals surface area contributed by atoms with Gasteiger partial charge in [-0.05, 0) is 42.0 Å². The number of benzene rings is 1. The van der Waals surface area contributed by atoms with Crippen molar-refractivity contribution in [2.45, 2.75) is 32.1 Å². The molecule has 3 unspecified atom stereocenters. The summed E-state index contributed by atoms with van der Waals surface area (Å²) >= 11 is 0. The Morgan fingerprint density at radius 1 is 1.18 bits per heavy atom. The number of rotatable bonds is 3. The van der Waals surface area contributed by atoms with Crippen LogP contribution in [0.5, 0.6) is 5.75 Å². The van der Waals surface area contributed by atoms with Crippen LogP contribution in [0.25, 0.3) is 11.3 Å². The van der Waals surface area contributed by atoms with Crippen LogP contribution in [0.4, 0.5) is 0 Å². The molecule has 3 atom stereocenters. The van der Waals surface area contributed by atoms with Crippen molar-refractivity contribution in [3.63, 3.8) is 0 Å². The Kier molecular flexibility index (Phi) is 3.97. The van der Waals surface area contributed by atoms with E-state index in [1.807, 2.05) is 30.3 Å². The molecule has 0 saturated carbocycles. The number of aldehydes is 1. The first-order chi connectivity index (χ1) is 10.7. The first-order valence-corrected chi connectivity index (χ1v) is 7.75. The minimum Gasteiger partial charge on any atom is -0.496 e. The van der Waals surface area contributed by atoms with E-state index in [1.54, 1.807) is 7.11 Å². The molecule has 0 radical (unpaired) electrons. The molecule has 0 aliphatic heterocycles. The van der Waals surface area contributed by atoms with Crippen molar-refractivity contribution in [2.24, 2.45) is 5.92 Å². The van der Waals surface area contributed by atoms with Gasteiger partial charge in [-0.2, -0.15) is 0 Å². The average molecular weight is 295 g/mol. The summed E-state index contributed by atoms with van der Waals surface area (Å²) in [4.78, 5) is 16.3. The summed E-state index contributed by atoms with van der Waals surface area (Å²) in [7, 11) is 1.67. The molecule has 1 aromatic heterocycles. The van der Waals surface area contributed by atoms with Gasteiger partial charge in [0.1, 0.15) is 12.0 Å². The number of nitrogens with zero attached hydrogens (tertiary/aromatic N) is 1. The molecule has 0 fully saturated rings. The second kappa shape index (κ2) is 5.91. The van der Waals surface area contributed by atoms with Gasteiger partial charge < -0.3 is 9.53 Å². The molecule has 22 heavy (non-hydrogen) atoms. The molecule has 114 valence electrons. The van der Waals surface area contributed by atoms with Crippen LogP contribution < -0.4 is 4.74 Å². The fraction of sp³-hybridized carbons (Fsp3) is 0.368.